The summed E-state index contributed by atoms with van der Waals surface area (Å²) in [5.41, 5.74) is 0.928. The zero-order valence-corrected chi connectivity index (χ0v) is 14.8. The van der Waals surface area contributed by atoms with E-state index in [0.29, 0.717) is 16.5 Å². The van der Waals surface area contributed by atoms with Gasteiger partial charge in [-0.1, -0.05) is 35.9 Å². The number of carbonyl (C=O) groups excluding carboxylic acids is 1. The van der Waals surface area contributed by atoms with E-state index < -0.39 is 12.6 Å². The van der Waals surface area contributed by atoms with Gasteiger partial charge in [-0.25, -0.2) is 4.79 Å². The summed E-state index contributed by atoms with van der Waals surface area (Å²) in [5, 5.41) is 14.7. The minimum atomic E-state index is -0.623. The number of carbonyl (C=O) groups is 1. The van der Waals surface area contributed by atoms with Crippen molar-refractivity contribution in [3.63, 3.8) is 0 Å². The lowest BCUT2D eigenvalue weighted by Crippen LogP contribution is -2.08. The molecule has 7 heteroatoms. The molecule has 1 aromatic heterocycles. The third-order valence-electron chi connectivity index (χ3n) is 3.57. The standard InChI is InChI=1S/C19H17ClN2O4/c1-2-25-19(24)17-16(12-23)18(26-15-10-6-7-13(20)11-15)22(21-17)14-8-4-3-5-9-14/h3-11,23H,2,12H2,1H3. The van der Waals surface area contributed by atoms with Crippen molar-refractivity contribution in [3.05, 3.63) is 70.9 Å². The molecule has 26 heavy (non-hydrogen) atoms. The number of halogens is 1. The number of esters is 1. The van der Waals surface area contributed by atoms with Gasteiger partial charge in [0.15, 0.2) is 5.69 Å². The molecule has 0 atom stereocenters. The van der Waals surface area contributed by atoms with Crippen LogP contribution in [0.25, 0.3) is 5.69 Å². The SMILES string of the molecule is CCOC(=O)c1nn(-c2ccccc2)c(Oc2cccc(Cl)c2)c1CO. The fourth-order valence-corrected chi connectivity index (χ4v) is 2.61. The van der Waals surface area contributed by atoms with Crippen molar-refractivity contribution in [2.45, 2.75) is 13.5 Å². The number of nitrogens with zero attached hydrogens (tertiary/aromatic N) is 2. The molecule has 3 aromatic rings. The van der Waals surface area contributed by atoms with Crippen molar-refractivity contribution in [2.24, 2.45) is 0 Å². The molecule has 0 saturated heterocycles. The van der Waals surface area contributed by atoms with E-state index in [0.717, 1.165) is 0 Å². The summed E-state index contributed by atoms with van der Waals surface area (Å²) in [6.45, 7) is 1.47. The van der Waals surface area contributed by atoms with Gasteiger partial charge in [0.1, 0.15) is 5.75 Å². The average molecular weight is 373 g/mol. The predicted octanol–water partition coefficient (Wildman–Crippen LogP) is 3.99. The summed E-state index contributed by atoms with van der Waals surface area (Å²) in [6, 6.07) is 16.0. The van der Waals surface area contributed by atoms with E-state index in [-0.39, 0.29) is 23.7 Å². The lowest BCUT2D eigenvalue weighted by atomic mass is 10.2. The van der Waals surface area contributed by atoms with Gasteiger partial charge in [-0.2, -0.15) is 9.78 Å². The Balaban J connectivity index is 2.14. The lowest BCUT2D eigenvalue weighted by molar-refractivity contribution is 0.0515. The maximum Gasteiger partial charge on any atom is 0.359 e. The van der Waals surface area contributed by atoms with Crippen LogP contribution in [0.2, 0.25) is 5.02 Å². The van der Waals surface area contributed by atoms with E-state index in [2.05, 4.69) is 5.10 Å². The summed E-state index contributed by atoms with van der Waals surface area (Å²) in [7, 11) is 0. The van der Waals surface area contributed by atoms with E-state index in [4.69, 9.17) is 21.1 Å². The van der Waals surface area contributed by atoms with E-state index >= 15 is 0 Å². The molecule has 0 bridgehead atoms. The van der Waals surface area contributed by atoms with Gasteiger partial charge >= 0.3 is 5.97 Å². The Morgan fingerprint density at radius 2 is 1.96 bits per heavy atom. The van der Waals surface area contributed by atoms with Gasteiger partial charge in [-0.15, -0.1) is 0 Å². The molecule has 134 valence electrons. The van der Waals surface area contributed by atoms with Gasteiger partial charge in [0.25, 0.3) is 0 Å². The minimum Gasteiger partial charge on any atom is -0.461 e. The third kappa shape index (κ3) is 3.71. The van der Waals surface area contributed by atoms with Crippen LogP contribution in [0, 0.1) is 0 Å². The van der Waals surface area contributed by atoms with Crippen LogP contribution in [0.3, 0.4) is 0 Å². The number of benzene rings is 2. The summed E-state index contributed by atoms with van der Waals surface area (Å²) >= 11 is 6.01. The molecule has 0 aliphatic heterocycles. The first-order valence-electron chi connectivity index (χ1n) is 8.02. The average Bonchev–Trinajstić information content (AvgIpc) is 3.01. The van der Waals surface area contributed by atoms with Gasteiger partial charge in [-0.3, -0.25) is 0 Å². The van der Waals surface area contributed by atoms with Crippen molar-refractivity contribution in [2.75, 3.05) is 6.61 Å². The highest BCUT2D eigenvalue weighted by molar-refractivity contribution is 6.30. The van der Waals surface area contributed by atoms with Crippen LogP contribution >= 0.6 is 11.6 Å². The number of ether oxygens (including phenoxy) is 2. The molecule has 6 nitrogen and oxygen atoms in total. The highest BCUT2D eigenvalue weighted by atomic mass is 35.5. The Bertz CT molecular complexity index is 909. The highest BCUT2D eigenvalue weighted by Crippen LogP contribution is 2.32. The molecule has 0 unspecified atom stereocenters. The number of aromatic nitrogens is 2. The van der Waals surface area contributed by atoms with Crippen LogP contribution in [0.4, 0.5) is 0 Å². The van der Waals surface area contributed by atoms with Gasteiger partial charge in [-0.05, 0) is 37.3 Å². The largest absolute Gasteiger partial charge is 0.461 e. The molecule has 3 rings (SSSR count). The third-order valence-corrected chi connectivity index (χ3v) is 3.81. The first-order chi connectivity index (χ1) is 12.6. The molecular weight excluding hydrogens is 356 g/mol. The second-order valence-electron chi connectivity index (χ2n) is 5.32. The number of aliphatic hydroxyl groups excluding tert-OH is 1. The van der Waals surface area contributed by atoms with Crippen molar-refractivity contribution in [1.82, 2.24) is 9.78 Å². The molecule has 0 spiro atoms. The van der Waals surface area contributed by atoms with Gasteiger partial charge in [0.05, 0.1) is 24.5 Å². The number of hydrogen-bond donors (Lipinski definition) is 1. The van der Waals surface area contributed by atoms with Crippen molar-refractivity contribution in [1.29, 1.82) is 0 Å². The Labute approximate surface area is 155 Å². The molecule has 1 N–H and O–H groups in total. The van der Waals surface area contributed by atoms with Gasteiger partial charge in [0, 0.05) is 5.02 Å². The van der Waals surface area contributed by atoms with E-state index in [1.165, 1.54) is 4.68 Å². The number of hydrogen-bond acceptors (Lipinski definition) is 5. The number of para-hydroxylation sites is 1. The molecule has 0 aliphatic carbocycles. The Morgan fingerprint density at radius 3 is 2.62 bits per heavy atom. The summed E-state index contributed by atoms with van der Waals surface area (Å²) in [6.07, 6.45) is 0. The maximum absolute atomic E-state index is 12.2. The first-order valence-corrected chi connectivity index (χ1v) is 8.40. The number of rotatable bonds is 6. The molecule has 0 fully saturated rings. The minimum absolute atomic E-state index is 0.00947. The molecular formula is C19H17ClN2O4. The Kier molecular flexibility index (Phi) is 5.55. The molecule has 0 aliphatic rings. The van der Waals surface area contributed by atoms with Crippen LogP contribution < -0.4 is 4.74 Å². The van der Waals surface area contributed by atoms with Gasteiger partial charge < -0.3 is 14.6 Å². The molecule has 2 aromatic carbocycles. The molecule has 1 heterocycles. The van der Waals surface area contributed by atoms with Crippen LogP contribution in [0.1, 0.15) is 23.0 Å². The fourth-order valence-electron chi connectivity index (χ4n) is 2.43. The quantitative estimate of drug-likeness (QED) is 0.662. The van der Waals surface area contributed by atoms with Crippen LogP contribution in [-0.2, 0) is 11.3 Å². The van der Waals surface area contributed by atoms with Crippen LogP contribution in [0.15, 0.2) is 54.6 Å². The summed E-state index contributed by atoms with van der Waals surface area (Å²) in [4.78, 5) is 12.2. The van der Waals surface area contributed by atoms with Crippen molar-refractivity contribution in [3.8, 4) is 17.3 Å². The highest BCUT2D eigenvalue weighted by Gasteiger charge is 2.26. The van der Waals surface area contributed by atoms with Crippen LogP contribution in [0.5, 0.6) is 11.6 Å². The normalized spacial score (nSPS) is 10.6. The maximum atomic E-state index is 12.2. The second-order valence-corrected chi connectivity index (χ2v) is 5.75. The van der Waals surface area contributed by atoms with Crippen molar-refractivity contribution >= 4 is 17.6 Å². The summed E-state index contributed by atoms with van der Waals surface area (Å²) < 4.78 is 12.4. The zero-order chi connectivity index (χ0) is 18.5. The molecule has 0 saturated carbocycles. The molecule has 0 radical (unpaired) electrons. The fraction of sp³-hybridized carbons (Fsp3) is 0.158. The zero-order valence-electron chi connectivity index (χ0n) is 14.1. The number of aliphatic hydroxyl groups is 1. The van der Waals surface area contributed by atoms with E-state index in [9.17, 15) is 9.90 Å². The van der Waals surface area contributed by atoms with E-state index in [1.54, 1.807) is 31.2 Å². The first kappa shape index (κ1) is 18.0. The van der Waals surface area contributed by atoms with E-state index in [1.807, 2.05) is 30.3 Å². The Hall–Kier alpha value is -2.83. The Morgan fingerprint density at radius 1 is 1.19 bits per heavy atom. The lowest BCUT2D eigenvalue weighted by Gasteiger charge is -2.10. The van der Waals surface area contributed by atoms with Crippen LogP contribution in [-0.4, -0.2) is 27.5 Å². The summed E-state index contributed by atoms with van der Waals surface area (Å²) in [5.74, 6) is 0.0610. The van der Waals surface area contributed by atoms with Gasteiger partial charge in [0.2, 0.25) is 5.88 Å². The second kappa shape index (κ2) is 8.03. The monoisotopic (exact) mass is 372 g/mol. The predicted molar refractivity (Wildman–Crippen MR) is 97.0 cm³/mol. The smallest absolute Gasteiger partial charge is 0.359 e. The molecule has 0 amide bonds. The topological polar surface area (TPSA) is 73.6 Å². The van der Waals surface area contributed by atoms with Crippen molar-refractivity contribution < 1.29 is 19.4 Å².